The molecule has 3 fully saturated rings. The van der Waals surface area contributed by atoms with Gasteiger partial charge in [0.05, 0.1) is 11.1 Å². The van der Waals surface area contributed by atoms with Gasteiger partial charge in [-0.25, -0.2) is 0 Å². The van der Waals surface area contributed by atoms with Crippen LogP contribution < -0.4 is 20.1 Å². The number of piperidine rings is 1. The van der Waals surface area contributed by atoms with Crippen molar-refractivity contribution in [3.8, 4) is 28.9 Å². The molecule has 2 aliphatic heterocycles. The molecule has 3 aromatic carbocycles. The molecule has 14 heteroatoms. The van der Waals surface area contributed by atoms with Gasteiger partial charge in [0.1, 0.15) is 29.3 Å². The molecule has 2 aliphatic carbocycles. The second-order valence-electron chi connectivity index (χ2n) is 14.6. The molecule has 9 rings (SSSR count). The lowest BCUT2D eigenvalue weighted by Gasteiger charge is -2.36. The van der Waals surface area contributed by atoms with Crippen molar-refractivity contribution in [1.82, 2.24) is 30.6 Å². The molecule has 4 heterocycles. The van der Waals surface area contributed by atoms with Crippen molar-refractivity contribution in [2.24, 2.45) is 0 Å². The summed E-state index contributed by atoms with van der Waals surface area (Å²) in [6.07, 6.45) is 6.23. The molecule has 0 spiro atoms. The summed E-state index contributed by atoms with van der Waals surface area (Å²) in [7, 11) is 0. The number of anilines is 1. The quantitative estimate of drug-likeness (QED) is 0.162. The molecular formula is C41H37N7O7. The zero-order chi connectivity index (χ0) is 37.7. The third kappa shape index (κ3) is 6.47. The van der Waals surface area contributed by atoms with E-state index in [1.165, 1.54) is 11.1 Å². The van der Waals surface area contributed by atoms with Crippen LogP contribution in [0.25, 0.3) is 11.5 Å². The molecule has 1 saturated heterocycles. The molecule has 4 amide bonds. The number of nitrogens with one attached hydrogen (secondary N) is 2. The van der Waals surface area contributed by atoms with E-state index >= 15 is 0 Å². The maximum atomic E-state index is 13.2. The molecule has 0 bridgehead atoms. The number of rotatable bonds is 10. The van der Waals surface area contributed by atoms with Crippen LogP contribution in [0, 0.1) is 6.92 Å². The highest BCUT2D eigenvalue weighted by Gasteiger charge is 2.45. The first-order valence-electron chi connectivity index (χ1n) is 18.5. The van der Waals surface area contributed by atoms with Gasteiger partial charge in [-0.3, -0.25) is 29.4 Å². The first-order valence-corrected chi connectivity index (χ1v) is 18.5. The number of nitrogens with zero attached hydrogens (tertiary/aromatic N) is 5. The summed E-state index contributed by atoms with van der Waals surface area (Å²) in [5.74, 6) is 0.635. The molecule has 2 aromatic heterocycles. The highest BCUT2D eigenvalue weighted by atomic mass is 16.5. The Bertz CT molecular complexity index is 2290. The Morgan fingerprint density at radius 2 is 1.55 bits per heavy atom. The minimum Gasteiger partial charge on any atom is -0.490 e. The molecule has 1 atom stereocenters. The van der Waals surface area contributed by atoms with E-state index in [-0.39, 0.29) is 41.5 Å². The normalized spacial score (nSPS) is 21.5. The number of hydrogen-bond donors (Lipinski definition) is 2. The summed E-state index contributed by atoms with van der Waals surface area (Å²) in [5, 5.41) is 17.9. The van der Waals surface area contributed by atoms with Crippen LogP contribution in [0.15, 0.2) is 83.4 Å². The Labute approximate surface area is 315 Å². The Kier molecular flexibility index (Phi) is 8.59. The van der Waals surface area contributed by atoms with Crippen LogP contribution in [0.4, 0.5) is 5.69 Å². The van der Waals surface area contributed by atoms with Gasteiger partial charge in [0, 0.05) is 49.4 Å². The Morgan fingerprint density at radius 3 is 2.20 bits per heavy atom. The summed E-state index contributed by atoms with van der Waals surface area (Å²) < 4.78 is 17.3. The predicted octanol–water partition coefficient (Wildman–Crippen LogP) is 5.91. The van der Waals surface area contributed by atoms with E-state index in [0.717, 1.165) is 54.9 Å². The van der Waals surface area contributed by atoms with Gasteiger partial charge >= 0.3 is 0 Å². The van der Waals surface area contributed by atoms with Crippen LogP contribution in [0.2, 0.25) is 0 Å². The first-order chi connectivity index (χ1) is 26.7. The topological polar surface area (TPSA) is 179 Å². The first kappa shape index (κ1) is 34.3. The molecule has 5 aromatic rings. The van der Waals surface area contributed by atoms with Crippen LogP contribution in [0.3, 0.4) is 0 Å². The van der Waals surface area contributed by atoms with Crippen molar-refractivity contribution in [3.63, 3.8) is 0 Å². The predicted molar refractivity (Wildman–Crippen MR) is 196 cm³/mol. The Balaban J connectivity index is 0.797. The molecule has 55 heavy (non-hydrogen) atoms. The van der Waals surface area contributed by atoms with Crippen molar-refractivity contribution in [3.05, 3.63) is 107 Å². The van der Waals surface area contributed by atoms with Gasteiger partial charge in [-0.15, -0.1) is 10.2 Å². The minimum atomic E-state index is -0.988. The van der Waals surface area contributed by atoms with Gasteiger partial charge < -0.3 is 19.3 Å². The highest BCUT2D eigenvalue weighted by molar-refractivity contribution is 6.23. The fourth-order valence-corrected chi connectivity index (χ4v) is 8.20. The van der Waals surface area contributed by atoms with E-state index in [1.807, 2.05) is 12.1 Å². The number of aryl methyl sites for hydroxylation is 1. The number of benzene rings is 3. The Hall–Kier alpha value is -6.44. The van der Waals surface area contributed by atoms with Crippen molar-refractivity contribution in [1.29, 1.82) is 0 Å². The maximum Gasteiger partial charge on any atom is 0.262 e. The van der Waals surface area contributed by atoms with Gasteiger partial charge in [-0.1, -0.05) is 42.3 Å². The number of fused-ring (bicyclic) bond motifs is 1. The van der Waals surface area contributed by atoms with E-state index in [4.69, 9.17) is 14.0 Å². The third-order valence-electron chi connectivity index (χ3n) is 11.1. The number of amides is 4. The standard InChI is InChI=1S/C41H37N7O7/c1-23-42-37(47-55-23)33-14-17-36(46-45-33)54-29-11-6-25(7-12-29)41(18-2-3-19-41)24-4-9-28(10-5-24)53-30-20-27(21-30)43-26-8-13-31-32(22-26)40(52)48(39(31)51)34-15-16-35(49)44-38(34)50/h4-14,17,22,27,30,34,43H,2-3,15-16,18-21H2,1H3,(H,44,49,50)/t27-,30-,34?. The second kappa shape index (κ2) is 13.8. The zero-order valence-corrected chi connectivity index (χ0v) is 30.0. The zero-order valence-electron chi connectivity index (χ0n) is 30.0. The van der Waals surface area contributed by atoms with E-state index in [2.05, 4.69) is 67.4 Å². The van der Waals surface area contributed by atoms with Gasteiger partial charge in [0.25, 0.3) is 11.8 Å². The molecule has 2 saturated carbocycles. The van der Waals surface area contributed by atoms with Gasteiger partial charge in [0.15, 0.2) is 0 Å². The maximum absolute atomic E-state index is 13.2. The molecule has 278 valence electrons. The highest BCUT2D eigenvalue weighted by Crippen LogP contribution is 2.47. The molecule has 14 nitrogen and oxygen atoms in total. The second-order valence-corrected chi connectivity index (χ2v) is 14.6. The van der Waals surface area contributed by atoms with Crippen molar-refractivity contribution in [2.75, 3.05) is 5.32 Å². The summed E-state index contributed by atoms with van der Waals surface area (Å²) >= 11 is 0. The number of hydrogen-bond acceptors (Lipinski definition) is 12. The SMILES string of the molecule is Cc1nc(-c2ccc(Oc3ccc(C4(c5ccc(O[C@H]6C[C@H](Nc7ccc8c(c7)C(=O)N(C7CCC(=O)NC7=O)C8=O)C6)cc5)CCCC4)cc3)nn2)no1. The fraction of sp³-hybridized carbons (Fsp3) is 0.317. The summed E-state index contributed by atoms with van der Waals surface area (Å²) in [6, 6.07) is 24.4. The fourth-order valence-electron chi connectivity index (χ4n) is 8.20. The van der Waals surface area contributed by atoms with E-state index < -0.39 is 29.7 Å². The smallest absolute Gasteiger partial charge is 0.262 e. The third-order valence-corrected chi connectivity index (χ3v) is 11.1. The van der Waals surface area contributed by atoms with Crippen molar-refractivity contribution >= 4 is 29.3 Å². The molecular weight excluding hydrogens is 702 g/mol. The van der Waals surface area contributed by atoms with Crippen molar-refractivity contribution in [2.45, 2.75) is 81.9 Å². The summed E-state index contributed by atoms with van der Waals surface area (Å²) in [5.41, 5.74) is 4.15. The van der Waals surface area contributed by atoms with Crippen LogP contribution in [0.1, 0.15) is 89.1 Å². The number of ether oxygens (including phenoxy) is 2. The average Bonchev–Trinajstić information content (AvgIpc) is 3.91. The molecule has 4 aliphatic rings. The number of aromatic nitrogens is 4. The van der Waals surface area contributed by atoms with E-state index in [1.54, 1.807) is 37.3 Å². The molecule has 0 radical (unpaired) electrons. The van der Waals surface area contributed by atoms with Crippen LogP contribution in [-0.2, 0) is 15.0 Å². The number of carbonyl (C=O) groups excluding carboxylic acids is 4. The summed E-state index contributed by atoms with van der Waals surface area (Å²) in [6.45, 7) is 1.72. The van der Waals surface area contributed by atoms with Gasteiger partial charge in [0.2, 0.25) is 29.4 Å². The largest absolute Gasteiger partial charge is 0.490 e. The lowest BCUT2D eigenvalue weighted by Crippen LogP contribution is -2.54. The van der Waals surface area contributed by atoms with Gasteiger partial charge in [-0.05, 0) is 78.9 Å². The van der Waals surface area contributed by atoms with Crippen LogP contribution in [0.5, 0.6) is 17.4 Å². The number of carbonyl (C=O) groups is 4. The molecule has 2 N–H and O–H groups in total. The lowest BCUT2D eigenvalue weighted by atomic mass is 9.73. The molecule has 1 unspecified atom stereocenters. The average molecular weight is 740 g/mol. The minimum absolute atomic E-state index is 0.0427. The van der Waals surface area contributed by atoms with Crippen molar-refractivity contribution < 1.29 is 33.2 Å². The Morgan fingerprint density at radius 1 is 0.836 bits per heavy atom. The summed E-state index contributed by atoms with van der Waals surface area (Å²) in [4.78, 5) is 55.4. The van der Waals surface area contributed by atoms with Crippen LogP contribution >= 0.6 is 0 Å². The van der Waals surface area contributed by atoms with E-state index in [0.29, 0.717) is 29.0 Å². The van der Waals surface area contributed by atoms with E-state index in [9.17, 15) is 19.2 Å². The monoisotopic (exact) mass is 739 g/mol. The van der Waals surface area contributed by atoms with Crippen LogP contribution in [-0.4, -0.2) is 67.1 Å². The lowest BCUT2D eigenvalue weighted by molar-refractivity contribution is -0.136. The van der Waals surface area contributed by atoms with Gasteiger partial charge in [-0.2, -0.15) is 4.98 Å². The number of imide groups is 2.